The summed E-state index contributed by atoms with van der Waals surface area (Å²) in [6, 6.07) is 10.9. The topological polar surface area (TPSA) is 139 Å². The Hall–Kier alpha value is -3.76. The summed E-state index contributed by atoms with van der Waals surface area (Å²) in [7, 11) is 0. The number of carbonyl (C=O) groups excluding carboxylic acids is 2. The van der Waals surface area contributed by atoms with Gasteiger partial charge >= 0.3 is 0 Å². The number of rotatable bonds is 10. The molecule has 10 nitrogen and oxygen atoms in total. The molecule has 0 bridgehead atoms. The van der Waals surface area contributed by atoms with E-state index in [1.54, 1.807) is 24.3 Å². The molecule has 0 spiro atoms. The van der Waals surface area contributed by atoms with Crippen molar-refractivity contribution in [2.45, 2.75) is 13.0 Å². The second-order valence-electron chi connectivity index (χ2n) is 7.13. The van der Waals surface area contributed by atoms with Gasteiger partial charge < -0.3 is 24.6 Å². The maximum Gasteiger partial charge on any atom is 0.295 e. The van der Waals surface area contributed by atoms with E-state index in [1.165, 1.54) is 29.2 Å². The minimum absolute atomic E-state index is 0.0201. The molecule has 1 amide bonds. The molecule has 2 aromatic rings. The van der Waals surface area contributed by atoms with Gasteiger partial charge in [0.15, 0.2) is 0 Å². The first-order chi connectivity index (χ1) is 15.9. The fraction of sp³-hybridized carbons (Fsp3) is 0.304. The van der Waals surface area contributed by atoms with Gasteiger partial charge in [0.25, 0.3) is 17.4 Å². The Kier molecular flexibility index (Phi) is 7.75. The SMILES string of the molecule is CCOc1ccc(/C(O)=C2\C(=O)C(=O)N(CCOCCO)[C@H]2c2ccc([N+](=O)[O-])cc2)cc1. The van der Waals surface area contributed by atoms with Crippen LogP contribution in [0.1, 0.15) is 24.1 Å². The normalized spacial score (nSPS) is 17.4. The highest BCUT2D eigenvalue weighted by molar-refractivity contribution is 6.46. The highest BCUT2D eigenvalue weighted by atomic mass is 16.6. The molecule has 1 aliphatic heterocycles. The van der Waals surface area contributed by atoms with E-state index in [9.17, 15) is 24.8 Å². The Balaban J connectivity index is 2.04. The van der Waals surface area contributed by atoms with E-state index in [0.717, 1.165) is 0 Å². The van der Waals surface area contributed by atoms with E-state index in [2.05, 4.69) is 0 Å². The van der Waals surface area contributed by atoms with E-state index in [4.69, 9.17) is 14.6 Å². The van der Waals surface area contributed by atoms with Crippen molar-refractivity contribution in [1.29, 1.82) is 0 Å². The molecular formula is C23H24N2O8. The van der Waals surface area contributed by atoms with Gasteiger partial charge in [-0.15, -0.1) is 0 Å². The van der Waals surface area contributed by atoms with E-state index < -0.39 is 22.7 Å². The van der Waals surface area contributed by atoms with Crippen molar-refractivity contribution >= 4 is 23.1 Å². The summed E-state index contributed by atoms with van der Waals surface area (Å²) in [5, 5.41) is 30.9. The molecule has 2 N–H and O–H groups in total. The predicted octanol–water partition coefficient (Wildman–Crippen LogP) is 2.42. The number of non-ortho nitro benzene ring substituents is 1. The van der Waals surface area contributed by atoms with Gasteiger partial charge in [-0.3, -0.25) is 19.7 Å². The molecule has 0 saturated carbocycles. The van der Waals surface area contributed by atoms with Crippen LogP contribution in [-0.2, 0) is 14.3 Å². The second kappa shape index (κ2) is 10.7. The molecule has 0 aromatic heterocycles. The van der Waals surface area contributed by atoms with E-state index >= 15 is 0 Å². The van der Waals surface area contributed by atoms with Gasteiger partial charge in [0, 0.05) is 24.2 Å². The van der Waals surface area contributed by atoms with Gasteiger partial charge in [0.1, 0.15) is 11.5 Å². The Labute approximate surface area is 189 Å². The number of nitro groups is 1. The molecular weight excluding hydrogens is 432 g/mol. The number of likely N-dealkylation sites (tertiary alicyclic amines) is 1. The first-order valence-electron chi connectivity index (χ1n) is 10.3. The Morgan fingerprint density at radius 3 is 2.33 bits per heavy atom. The van der Waals surface area contributed by atoms with Crippen LogP contribution < -0.4 is 4.74 Å². The van der Waals surface area contributed by atoms with Crippen molar-refractivity contribution in [2.75, 3.05) is 33.0 Å². The van der Waals surface area contributed by atoms with Crippen molar-refractivity contribution in [3.63, 3.8) is 0 Å². The third kappa shape index (κ3) is 5.18. The lowest BCUT2D eigenvalue weighted by Gasteiger charge is -2.25. The van der Waals surface area contributed by atoms with Gasteiger partial charge in [-0.1, -0.05) is 0 Å². The Morgan fingerprint density at radius 1 is 1.09 bits per heavy atom. The number of ether oxygens (including phenoxy) is 2. The predicted molar refractivity (Wildman–Crippen MR) is 118 cm³/mol. The first-order valence-corrected chi connectivity index (χ1v) is 10.3. The van der Waals surface area contributed by atoms with E-state index in [-0.39, 0.29) is 43.4 Å². The monoisotopic (exact) mass is 456 g/mol. The van der Waals surface area contributed by atoms with Crippen LogP contribution in [0.25, 0.3) is 5.76 Å². The van der Waals surface area contributed by atoms with Crippen molar-refractivity contribution in [3.8, 4) is 5.75 Å². The van der Waals surface area contributed by atoms with Crippen LogP contribution in [-0.4, -0.2) is 64.7 Å². The molecule has 1 heterocycles. The van der Waals surface area contributed by atoms with Crippen molar-refractivity contribution in [3.05, 3.63) is 75.3 Å². The summed E-state index contributed by atoms with van der Waals surface area (Å²) in [5.74, 6) is -1.47. The molecule has 1 atom stereocenters. The average molecular weight is 456 g/mol. The van der Waals surface area contributed by atoms with Crippen molar-refractivity contribution in [2.24, 2.45) is 0 Å². The third-order valence-corrected chi connectivity index (χ3v) is 5.11. The van der Waals surface area contributed by atoms with Gasteiger partial charge in [0.2, 0.25) is 0 Å². The molecule has 3 rings (SSSR count). The molecule has 10 heteroatoms. The number of nitro benzene ring substituents is 1. The number of ketones is 1. The molecule has 0 aliphatic carbocycles. The molecule has 1 aliphatic rings. The van der Waals surface area contributed by atoms with Crippen LogP contribution in [0.5, 0.6) is 5.75 Å². The zero-order valence-corrected chi connectivity index (χ0v) is 18.0. The summed E-state index contributed by atoms with van der Waals surface area (Å²) >= 11 is 0. The molecule has 2 aromatic carbocycles. The molecule has 33 heavy (non-hydrogen) atoms. The quantitative estimate of drug-likeness (QED) is 0.139. The minimum atomic E-state index is -0.963. The van der Waals surface area contributed by atoms with Crippen LogP contribution in [0.3, 0.4) is 0 Å². The van der Waals surface area contributed by atoms with Crippen LogP contribution in [0.15, 0.2) is 54.1 Å². The van der Waals surface area contributed by atoms with Gasteiger partial charge in [-0.2, -0.15) is 0 Å². The fourth-order valence-electron chi connectivity index (χ4n) is 3.60. The number of hydrogen-bond acceptors (Lipinski definition) is 8. The third-order valence-electron chi connectivity index (χ3n) is 5.11. The Bertz CT molecular complexity index is 1050. The Morgan fingerprint density at radius 2 is 1.76 bits per heavy atom. The molecule has 0 unspecified atom stereocenters. The second-order valence-corrected chi connectivity index (χ2v) is 7.13. The van der Waals surface area contributed by atoms with Gasteiger partial charge in [0.05, 0.1) is 43.0 Å². The molecule has 1 saturated heterocycles. The lowest BCUT2D eigenvalue weighted by Crippen LogP contribution is -2.33. The van der Waals surface area contributed by atoms with Gasteiger partial charge in [-0.25, -0.2) is 0 Å². The molecule has 1 fully saturated rings. The summed E-state index contributed by atoms with van der Waals surface area (Å²) in [6.45, 7) is 2.26. The highest BCUT2D eigenvalue weighted by Crippen LogP contribution is 2.39. The summed E-state index contributed by atoms with van der Waals surface area (Å²) in [6.07, 6.45) is 0. The highest BCUT2D eigenvalue weighted by Gasteiger charge is 2.46. The number of nitrogens with zero attached hydrogens (tertiary/aromatic N) is 2. The van der Waals surface area contributed by atoms with Crippen LogP contribution in [0, 0.1) is 10.1 Å². The number of carbonyl (C=O) groups is 2. The first kappa shape index (κ1) is 23.9. The number of amides is 1. The number of aliphatic hydroxyl groups excluding tert-OH is 2. The molecule has 174 valence electrons. The number of aliphatic hydroxyl groups is 2. The molecule has 0 radical (unpaired) electrons. The summed E-state index contributed by atoms with van der Waals surface area (Å²) < 4.78 is 10.6. The maximum atomic E-state index is 12.9. The number of benzene rings is 2. The van der Waals surface area contributed by atoms with Crippen LogP contribution >= 0.6 is 0 Å². The largest absolute Gasteiger partial charge is 0.507 e. The number of Topliss-reactive ketones (excluding diaryl/α,β-unsaturated/α-hetero) is 1. The zero-order valence-electron chi connectivity index (χ0n) is 18.0. The lowest BCUT2D eigenvalue weighted by atomic mass is 9.95. The maximum absolute atomic E-state index is 12.9. The van der Waals surface area contributed by atoms with Crippen molar-refractivity contribution < 1.29 is 34.2 Å². The standard InChI is InChI=1S/C23H24N2O8/c1-2-33-18-9-5-16(6-10-18)21(27)19-20(15-3-7-17(8-4-15)25(30)31)24(23(29)22(19)28)11-13-32-14-12-26/h3-10,20,26-27H,2,11-14H2,1H3/b21-19+/t20-/m0/s1. The summed E-state index contributed by atoms with van der Waals surface area (Å²) in [5.41, 5.74) is 0.475. The van der Waals surface area contributed by atoms with Crippen LogP contribution in [0.2, 0.25) is 0 Å². The van der Waals surface area contributed by atoms with Crippen LogP contribution in [0.4, 0.5) is 5.69 Å². The van der Waals surface area contributed by atoms with Crippen molar-refractivity contribution in [1.82, 2.24) is 4.90 Å². The van der Waals surface area contributed by atoms with E-state index in [0.29, 0.717) is 23.5 Å². The van der Waals surface area contributed by atoms with E-state index in [1.807, 2.05) is 6.92 Å². The lowest BCUT2D eigenvalue weighted by molar-refractivity contribution is -0.384. The minimum Gasteiger partial charge on any atom is -0.507 e. The average Bonchev–Trinajstić information content (AvgIpc) is 3.07. The summed E-state index contributed by atoms with van der Waals surface area (Å²) in [4.78, 5) is 37.5. The number of hydrogen-bond donors (Lipinski definition) is 2. The van der Waals surface area contributed by atoms with Gasteiger partial charge in [-0.05, 0) is 48.9 Å². The zero-order chi connectivity index (χ0) is 24.0. The smallest absolute Gasteiger partial charge is 0.295 e. The fourth-order valence-corrected chi connectivity index (χ4v) is 3.60.